The molecule has 0 radical (unpaired) electrons. The molecule has 0 saturated carbocycles. The van der Waals surface area contributed by atoms with Crippen molar-refractivity contribution >= 4 is 5.91 Å². The number of nitrogens with one attached hydrogen (secondary N) is 1. The fraction of sp³-hybridized carbons (Fsp3) is 0.200. The van der Waals surface area contributed by atoms with Gasteiger partial charge in [-0.2, -0.15) is 4.74 Å². The molecule has 0 unspecified atom stereocenters. The third-order valence-corrected chi connectivity index (χ3v) is 4.09. The molecule has 0 aliphatic rings. The van der Waals surface area contributed by atoms with Gasteiger partial charge in [-0.05, 0) is 23.3 Å². The first-order chi connectivity index (χ1) is 13.0. The van der Waals surface area contributed by atoms with Crippen LogP contribution in [0, 0.1) is 0 Å². The van der Waals surface area contributed by atoms with E-state index in [0.717, 1.165) is 16.7 Å². The summed E-state index contributed by atoms with van der Waals surface area (Å²) < 4.78 is 17.1. The SMILES string of the molecule is COc1ccc(-c2ccc(-c3cn(CNC(C)=O)oc3=O)cc2)c(OC)c1. The molecule has 1 N–H and O–H groups in total. The molecule has 3 aromatic rings. The third kappa shape index (κ3) is 4.03. The summed E-state index contributed by atoms with van der Waals surface area (Å²) in [5.74, 6) is 1.21. The quantitative estimate of drug-likeness (QED) is 0.723. The van der Waals surface area contributed by atoms with Crippen molar-refractivity contribution < 1.29 is 18.8 Å². The van der Waals surface area contributed by atoms with Crippen LogP contribution in [-0.2, 0) is 11.5 Å². The molecule has 0 aliphatic carbocycles. The zero-order valence-electron chi connectivity index (χ0n) is 15.3. The van der Waals surface area contributed by atoms with E-state index in [0.29, 0.717) is 17.1 Å². The molecule has 0 aliphatic heterocycles. The lowest BCUT2D eigenvalue weighted by Crippen LogP contribution is -2.22. The Kier molecular flexibility index (Phi) is 5.30. The number of carbonyl (C=O) groups is 1. The van der Waals surface area contributed by atoms with Gasteiger partial charge in [0.2, 0.25) is 5.91 Å². The van der Waals surface area contributed by atoms with Gasteiger partial charge < -0.3 is 19.3 Å². The van der Waals surface area contributed by atoms with E-state index in [1.807, 2.05) is 42.5 Å². The minimum absolute atomic E-state index is 0.103. The Bertz CT molecular complexity index is 1000. The molecule has 0 fully saturated rings. The van der Waals surface area contributed by atoms with Crippen LogP contribution in [0.1, 0.15) is 6.92 Å². The number of aromatic nitrogens is 1. The number of amides is 1. The maximum atomic E-state index is 12.1. The molecular formula is C20H20N2O5. The summed E-state index contributed by atoms with van der Waals surface area (Å²) in [6.45, 7) is 1.50. The van der Waals surface area contributed by atoms with Gasteiger partial charge in [-0.25, -0.2) is 4.79 Å². The van der Waals surface area contributed by atoms with Crippen LogP contribution < -0.4 is 20.4 Å². The van der Waals surface area contributed by atoms with Crippen LogP contribution in [0.3, 0.4) is 0 Å². The molecule has 140 valence electrons. The van der Waals surface area contributed by atoms with Crippen LogP contribution >= 0.6 is 0 Å². The van der Waals surface area contributed by atoms with Crippen LogP contribution in [0.2, 0.25) is 0 Å². The molecular weight excluding hydrogens is 348 g/mol. The van der Waals surface area contributed by atoms with E-state index in [-0.39, 0.29) is 12.6 Å². The van der Waals surface area contributed by atoms with E-state index in [9.17, 15) is 9.59 Å². The van der Waals surface area contributed by atoms with E-state index in [1.165, 1.54) is 11.7 Å². The molecule has 2 aromatic carbocycles. The Hall–Kier alpha value is -3.48. The second-order valence-electron chi connectivity index (χ2n) is 5.87. The van der Waals surface area contributed by atoms with Crippen LogP contribution in [0.15, 0.2) is 58.0 Å². The molecule has 0 bridgehead atoms. The zero-order chi connectivity index (χ0) is 19.4. The molecule has 1 amide bonds. The predicted octanol–water partition coefficient (Wildman–Crippen LogP) is 2.89. The van der Waals surface area contributed by atoms with Gasteiger partial charge in [0.05, 0.1) is 26.0 Å². The molecule has 0 saturated heterocycles. The molecule has 27 heavy (non-hydrogen) atoms. The minimum Gasteiger partial charge on any atom is -0.497 e. The minimum atomic E-state index is -0.463. The third-order valence-electron chi connectivity index (χ3n) is 4.09. The number of nitrogens with zero attached hydrogens (tertiary/aromatic N) is 1. The Morgan fingerprint density at radius 2 is 1.70 bits per heavy atom. The first-order valence-corrected chi connectivity index (χ1v) is 8.30. The molecule has 1 aromatic heterocycles. The first kappa shape index (κ1) is 18.3. The fourth-order valence-electron chi connectivity index (χ4n) is 2.70. The van der Waals surface area contributed by atoms with E-state index in [1.54, 1.807) is 20.4 Å². The van der Waals surface area contributed by atoms with Crippen LogP contribution in [-0.4, -0.2) is 24.9 Å². The van der Waals surface area contributed by atoms with Gasteiger partial charge in [-0.3, -0.25) is 4.79 Å². The number of methoxy groups -OCH3 is 2. The second-order valence-corrected chi connectivity index (χ2v) is 5.87. The topological polar surface area (TPSA) is 82.7 Å². The number of carbonyl (C=O) groups excluding carboxylic acids is 1. The van der Waals surface area contributed by atoms with Crippen LogP contribution in [0.25, 0.3) is 22.3 Å². The van der Waals surface area contributed by atoms with Crippen LogP contribution in [0.5, 0.6) is 11.5 Å². The summed E-state index contributed by atoms with van der Waals surface area (Å²) in [4.78, 5) is 23.1. The summed E-state index contributed by atoms with van der Waals surface area (Å²) in [5, 5.41) is 2.57. The highest BCUT2D eigenvalue weighted by Gasteiger charge is 2.12. The Morgan fingerprint density at radius 3 is 2.30 bits per heavy atom. The summed E-state index contributed by atoms with van der Waals surface area (Å²) in [6, 6.07) is 13.1. The van der Waals surface area contributed by atoms with Gasteiger partial charge in [0.15, 0.2) is 0 Å². The monoisotopic (exact) mass is 368 g/mol. The molecule has 1 heterocycles. The lowest BCUT2D eigenvalue weighted by molar-refractivity contribution is -0.119. The number of hydrogen-bond donors (Lipinski definition) is 1. The fourth-order valence-corrected chi connectivity index (χ4v) is 2.70. The average molecular weight is 368 g/mol. The average Bonchev–Trinajstić information content (AvgIpc) is 3.06. The summed E-state index contributed by atoms with van der Waals surface area (Å²) >= 11 is 0. The number of rotatable bonds is 6. The Labute approximate surface area is 156 Å². The largest absolute Gasteiger partial charge is 0.497 e. The van der Waals surface area contributed by atoms with Crippen LogP contribution in [0.4, 0.5) is 0 Å². The normalized spacial score (nSPS) is 10.5. The standard InChI is InChI=1S/C20H20N2O5/c1-13(23)21-12-22-11-18(20(24)27-22)15-6-4-14(5-7-15)17-9-8-16(25-2)10-19(17)26-3/h4-11H,12H2,1-3H3,(H,21,23). The summed E-state index contributed by atoms with van der Waals surface area (Å²) in [7, 11) is 3.21. The molecule has 7 heteroatoms. The van der Waals surface area contributed by atoms with E-state index >= 15 is 0 Å². The molecule has 7 nitrogen and oxygen atoms in total. The van der Waals surface area contributed by atoms with E-state index < -0.39 is 5.63 Å². The van der Waals surface area contributed by atoms with E-state index in [2.05, 4.69) is 5.32 Å². The van der Waals surface area contributed by atoms with Gasteiger partial charge in [-0.15, -0.1) is 0 Å². The first-order valence-electron chi connectivity index (χ1n) is 8.30. The number of ether oxygens (including phenoxy) is 2. The maximum Gasteiger partial charge on any atom is 0.365 e. The lowest BCUT2D eigenvalue weighted by atomic mass is 10.0. The number of hydrogen-bond acceptors (Lipinski definition) is 5. The maximum absolute atomic E-state index is 12.1. The van der Waals surface area contributed by atoms with Crippen molar-refractivity contribution in [2.75, 3.05) is 14.2 Å². The summed E-state index contributed by atoms with van der Waals surface area (Å²) in [5.41, 5.74) is 2.55. The predicted molar refractivity (Wildman–Crippen MR) is 101 cm³/mol. The van der Waals surface area contributed by atoms with Crippen molar-refractivity contribution in [2.45, 2.75) is 13.6 Å². The van der Waals surface area contributed by atoms with Gasteiger partial charge in [0, 0.05) is 18.6 Å². The highest BCUT2D eigenvalue weighted by Crippen LogP contribution is 2.34. The molecule has 0 spiro atoms. The zero-order valence-corrected chi connectivity index (χ0v) is 15.3. The van der Waals surface area contributed by atoms with Crippen molar-refractivity contribution in [3.63, 3.8) is 0 Å². The van der Waals surface area contributed by atoms with Gasteiger partial charge in [-0.1, -0.05) is 24.3 Å². The Balaban J connectivity index is 1.88. The smallest absolute Gasteiger partial charge is 0.365 e. The number of benzene rings is 2. The van der Waals surface area contributed by atoms with Crippen molar-refractivity contribution in [3.8, 4) is 33.8 Å². The summed E-state index contributed by atoms with van der Waals surface area (Å²) in [6.07, 6.45) is 1.57. The highest BCUT2D eigenvalue weighted by atomic mass is 16.5. The van der Waals surface area contributed by atoms with E-state index in [4.69, 9.17) is 14.0 Å². The molecule has 0 atom stereocenters. The van der Waals surface area contributed by atoms with Crippen molar-refractivity contribution in [1.82, 2.24) is 10.1 Å². The highest BCUT2D eigenvalue weighted by molar-refractivity contribution is 5.74. The van der Waals surface area contributed by atoms with Gasteiger partial charge in [0.1, 0.15) is 18.2 Å². The second kappa shape index (κ2) is 7.82. The lowest BCUT2D eigenvalue weighted by Gasteiger charge is -2.11. The van der Waals surface area contributed by atoms with Crippen molar-refractivity contribution in [2.24, 2.45) is 0 Å². The Morgan fingerprint density at radius 1 is 1.04 bits per heavy atom. The van der Waals surface area contributed by atoms with Gasteiger partial charge in [0.25, 0.3) is 0 Å². The van der Waals surface area contributed by atoms with Crippen molar-refractivity contribution in [1.29, 1.82) is 0 Å². The van der Waals surface area contributed by atoms with Gasteiger partial charge >= 0.3 is 5.63 Å². The molecule has 3 rings (SSSR count). The van der Waals surface area contributed by atoms with Crippen molar-refractivity contribution in [3.05, 3.63) is 59.1 Å².